The normalized spacial score (nSPS) is 22.1. The second-order valence-corrected chi connectivity index (χ2v) is 6.01. The Morgan fingerprint density at radius 2 is 2.27 bits per heavy atom. The number of hydrogen-bond acceptors (Lipinski definition) is 3. The van der Waals surface area contributed by atoms with Crippen molar-refractivity contribution in [2.24, 2.45) is 0 Å². The molecular weight excluding hydrogens is 210 g/mol. The van der Waals surface area contributed by atoms with Gasteiger partial charge in [-0.3, -0.25) is 10.1 Å². The molecule has 1 aliphatic carbocycles. The molecule has 0 aromatic heterocycles. The Kier molecular flexibility index (Phi) is 4.46. The van der Waals surface area contributed by atoms with Crippen LogP contribution in [0.1, 0.15) is 40.0 Å². The van der Waals surface area contributed by atoms with Crippen molar-refractivity contribution in [3.63, 3.8) is 0 Å². The zero-order valence-corrected chi connectivity index (χ0v) is 10.6. The Morgan fingerprint density at radius 1 is 1.67 bits per heavy atom. The zero-order valence-electron chi connectivity index (χ0n) is 9.75. The molecule has 0 saturated heterocycles. The monoisotopic (exact) mass is 231 g/mol. The molecule has 1 aliphatic rings. The van der Waals surface area contributed by atoms with E-state index in [9.17, 15) is 9.90 Å². The van der Waals surface area contributed by atoms with Crippen LogP contribution >= 0.6 is 11.8 Å². The van der Waals surface area contributed by atoms with E-state index in [-0.39, 0.29) is 0 Å². The van der Waals surface area contributed by atoms with Gasteiger partial charge in [-0.25, -0.2) is 0 Å². The molecule has 0 aromatic rings. The van der Waals surface area contributed by atoms with Gasteiger partial charge in [0.15, 0.2) is 0 Å². The fourth-order valence-corrected chi connectivity index (χ4v) is 2.33. The van der Waals surface area contributed by atoms with Crippen molar-refractivity contribution in [2.75, 3.05) is 5.75 Å². The van der Waals surface area contributed by atoms with E-state index >= 15 is 0 Å². The molecule has 0 amide bonds. The summed E-state index contributed by atoms with van der Waals surface area (Å²) in [6, 6.07) is 0.434. The van der Waals surface area contributed by atoms with E-state index in [1.807, 2.05) is 0 Å². The van der Waals surface area contributed by atoms with Crippen molar-refractivity contribution in [3.8, 4) is 0 Å². The summed E-state index contributed by atoms with van der Waals surface area (Å²) in [6.07, 6.45) is 3.33. The SMILES string of the molecule is CCC(C)SCC(C)(NC1CC1)C(=O)O. The maximum Gasteiger partial charge on any atom is 0.324 e. The number of aliphatic carboxylic acids is 1. The maximum atomic E-state index is 11.2. The molecular formula is C11H21NO2S. The van der Waals surface area contributed by atoms with Gasteiger partial charge < -0.3 is 5.11 Å². The molecule has 1 fully saturated rings. The van der Waals surface area contributed by atoms with Crippen molar-refractivity contribution in [3.05, 3.63) is 0 Å². The van der Waals surface area contributed by atoms with E-state index in [1.54, 1.807) is 18.7 Å². The quantitative estimate of drug-likeness (QED) is 0.704. The first-order valence-electron chi connectivity index (χ1n) is 5.60. The minimum atomic E-state index is -0.755. The van der Waals surface area contributed by atoms with Gasteiger partial charge in [-0.1, -0.05) is 13.8 Å². The third-order valence-electron chi connectivity index (χ3n) is 2.80. The topological polar surface area (TPSA) is 49.3 Å². The molecule has 88 valence electrons. The van der Waals surface area contributed by atoms with E-state index < -0.39 is 11.5 Å². The van der Waals surface area contributed by atoms with Crippen molar-refractivity contribution < 1.29 is 9.90 Å². The molecule has 1 rings (SSSR count). The average Bonchev–Trinajstić information content (AvgIpc) is 2.97. The zero-order chi connectivity index (χ0) is 11.5. The number of rotatable bonds is 7. The van der Waals surface area contributed by atoms with Gasteiger partial charge in [-0.15, -0.1) is 0 Å². The minimum absolute atomic E-state index is 0.434. The lowest BCUT2D eigenvalue weighted by Gasteiger charge is -2.27. The fraction of sp³-hybridized carbons (Fsp3) is 0.909. The second kappa shape index (κ2) is 5.21. The van der Waals surface area contributed by atoms with E-state index in [1.165, 1.54) is 0 Å². The molecule has 0 spiro atoms. The van der Waals surface area contributed by atoms with E-state index in [4.69, 9.17) is 0 Å². The van der Waals surface area contributed by atoms with Crippen LogP contribution in [0.2, 0.25) is 0 Å². The van der Waals surface area contributed by atoms with Crippen molar-refractivity contribution in [2.45, 2.75) is 56.9 Å². The van der Waals surface area contributed by atoms with E-state index in [0.29, 0.717) is 17.0 Å². The predicted molar refractivity (Wildman–Crippen MR) is 64.4 cm³/mol. The van der Waals surface area contributed by atoms with Crippen molar-refractivity contribution >= 4 is 17.7 Å². The molecule has 0 heterocycles. The Labute approximate surface area is 96.0 Å². The highest BCUT2D eigenvalue weighted by molar-refractivity contribution is 7.99. The lowest BCUT2D eigenvalue weighted by molar-refractivity contribution is -0.143. The summed E-state index contributed by atoms with van der Waals surface area (Å²) in [4.78, 5) is 11.2. The first-order chi connectivity index (χ1) is 6.98. The number of hydrogen-bond donors (Lipinski definition) is 2. The molecule has 2 unspecified atom stereocenters. The highest BCUT2D eigenvalue weighted by Crippen LogP contribution is 2.26. The van der Waals surface area contributed by atoms with Crippen LogP contribution in [0.3, 0.4) is 0 Å². The highest BCUT2D eigenvalue weighted by atomic mass is 32.2. The Bertz CT molecular complexity index is 231. The summed E-state index contributed by atoms with van der Waals surface area (Å²) in [7, 11) is 0. The molecule has 3 nitrogen and oxygen atoms in total. The molecule has 0 radical (unpaired) electrons. The Hall–Kier alpha value is -0.220. The molecule has 0 bridgehead atoms. The van der Waals surface area contributed by atoms with Gasteiger partial charge in [-0.2, -0.15) is 11.8 Å². The molecule has 2 N–H and O–H groups in total. The standard InChI is InChI=1S/C11H21NO2S/c1-4-8(2)15-7-11(3,10(13)14)12-9-5-6-9/h8-9,12H,4-7H2,1-3H3,(H,13,14). The van der Waals surface area contributed by atoms with Crippen LogP contribution in [0.5, 0.6) is 0 Å². The first kappa shape index (κ1) is 12.8. The van der Waals surface area contributed by atoms with Crippen LogP contribution < -0.4 is 5.32 Å². The maximum absolute atomic E-state index is 11.2. The lowest BCUT2D eigenvalue weighted by atomic mass is 10.1. The third-order valence-corrected chi connectivity index (χ3v) is 4.45. The molecule has 15 heavy (non-hydrogen) atoms. The van der Waals surface area contributed by atoms with Crippen LogP contribution in [0, 0.1) is 0 Å². The third kappa shape index (κ3) is 4.03. The Morgan fingerprint density at radius 3 is 2.67 bits per heavy atom. The number of nitrogens with one attached hydrogen (secondary N) is 1. The number of carboxylic acids is 1. The van der Waals surface area contributed by atoms with E-state index in [2.05, 4.69) is 19.2 Å². The molecule has 1 saturated carbocycles. The van der Waals surface area contributed by atoms with Gasteiger partial charge in [0.2, 0.25) is 0 Å². The van der Waals surface area contributed by atoms with Gasteiger partial charge in [0, 0.05) is 17.0 Å². The van der Waals surface area contributed by atoms with Crippen LogP contribution in [0.4, 0.5) is 0 Å². The molecule has 0 aromatic carbocycles. The van der Waals surface area contributed by atoms with Gasteiger partial charge in [-0.05, 0) is 26.2 Å². The van der Waals surface area contributed by atoms with E-state index in [0.717, 1.165) is 19.3 Å². The largest absolute Gasteiger partial charge is 0.480 e. The number of carbonyl (C=O) groups is 1. The van der Waals surface area contributed by atoms with Gasteiger partial charge in [0.25, 0.3) is 0 Å². The second-order valence-electron chi connectivity index (χ2n) is 4.59. The highest BCUT2D eigenvalue weighted by Gasteiger charge is 2.38. The summed E-state index contributed by atoms with van der Waals surface area (Å²) < 4.78 is 0. The Balaban J connectivity index is 2.44. The molecule has 4 heteroatoms. The summed E-state index contributed by atoms with van der Waals surface area (Å²) in [6.45, 7) is 6.07. The minimum Gasteiger partial charge on any atom is -0.480 e. The van der Waals surface area contributed by atoms with Gasteiger partial charge >= 0.3 is 5.97 Å². The molecule has 2 atom stereocenters. The van der Waals surface area contributed by atoms with Gasteiger partial charge in [0.1, 0.15) is 5.54 Å². The van der Waals surface area contributed by atoms with Gasteiger partial charge in [0.05, 0.1) is 0 Å². The smallest absolute Gasteiger partial charge is 0.324 e. The summed E-state index contributed by atoms with van der Waals surface area (Å²) in [5.41, 5.74) is -0.755. The lowest BCUT2D eigenvalue weighted by Crippen LogP contribution is -2.52. The fourth-order valence-electron chi connectivity index (χ4n) is 1.27. The van der Waals surface area contributed by atoms with Crippen LogP contribution in [-0.2, 0) is 4.79 Å². The van der Waals surface area contributed by atoms with Crippen LogP contribution in [0.25, 0.3) is 0 Å². The number of carboxylic acid groups (broad SMARTS) is 1. The number of thioether (sulfide) groups is 1. The van der Waals surface area contributed by atoms with Crippen molar-refractivity contribution in [1.29, 1.82) is 0 Å². The summed E-state index contributed by atoms with van der Waals surface area (Å²) >= 11 is 1.74. The summed E-state index contributed by atoms with van der Waals surface area (Å²) in [5.74, 6) is -0.0846. The van der Waals surface area contributed by atoms with Crippen LogP contribution in [0.15, 0.2) is 0 Å². The predicted octanol–water partition coefficient (Wildman–Crippen LogP) is 2.11. The van der Waals surface area contributed by atoms with Crippen molar-refractivity contribution in [1.82, 2.24) is 5.32 Å². The molecule has 0 aliphatic heterocycles. The summed E-state index contributed by atoms with van der Waals surface area (Å²) in [5, 5.41) is 13.0. The van der Waals surface area contributed by atoms with Crippen LogP contribution in [-0.4, -0.2) is 33.7 Å². The average molecular weight is 231 g/mol. The first-order valence-corrected chi connectivity index (χ1v) is 6.65.